The van der Waals surface area contributed by atoms with Crippen LogP contribution in [0.2, 0.25) is 0 Å². The molecule has 0 aromatic carbocycles. The second kappa shape index (κ2) is 8.04. The molecular weight excluding hydrogens is 343 g/mol. The normalized spacial score (nSPS) is 13.8. The third-order valence-electron chi connectivity index (χ3n) is 2.84. The van der Waals surface area contributed by atoms with Gasteiger partial charge in [0, 0.05) is 5.69 Å². The molecule has 1 aromatic rings. The maximum atomic E-state index is 13.8. The van der Waals surface area contributed by atoms with Crippen molar-refractivity contribution in [1.82, 2.24) is 10.3 Å². The van der Waals surface area contributed by atoms with Crippen molar-refractivity contribution in [2.45, 2.75) is 45.6 Å². The summed E-state index contributed by atoms with van der Waals surface area (Å²) < 4.78 is 50.5. The number of aromatic nitrogens is 1. The Kier molecular flexibility index (Phi) is 6.60. The Labute approximate surface area is 142 Å². The smallest absolute Gasteiger partial charge is 0.442 e. The molecule has 0 bridgehead atoms. The van der Waals surface area contributed by atoms with E-state index in [9.17, 15) is 22.8 Å². The van der Waals surface area contributed by atoms with E-state index in [0.717, 1.165) is 0 Å². The van der Waals surface area contributed by atoms with Crippen molar-refractivity contribution in [1.29, 1.82) is 0 Å². The van der Waals surface area contributed by atoms with Gasteiger partial charge in [-0.25, -0.2) is 14.6 Å². The number of carbonyl (C=O) groups excluding carboxylic acids is 2. The van der Waals surface area contributed by atoms with Gasteiger partial charge in [0.15, 0.2) is 0 Å². The lowest BCUT2D eigenvalue weighted by Gasteiger charge is -2.34. The van der Waals surface area contributed by atoms with Gasteiger partial charge in [0.2, 0.25) is 0 Å². The molecule has 0 spiro atoms. The first-order chi connectivity index (χ1) is 11.5. The van der Waals surface area contributed by atoms with Crippen molar-refractivity contribution in [3.8, 4) is 0 Å². The van der Waals surface area contributed by atoms with Crippen LogP contribution in [0.15, 0.2) is 18.2 Å². The summed E-state index contributed by atoms with van der Waals surface area (Å²) in [6, 6.07) is 4.23. The number of hydrogen-bond donors (Lipinski definition) is 2. The first kappa shape index (κ1) is 20.5. The fourth-order valence-electron chi connectivity index (χ4n) is 1.83. The zero-order valence-corrected chi connectivity index (χ0v) is 14.2. The van der Waals surface area contributed by atoms with Crippen LogP contribution < -0.4 is 10.6 Å². The number of ether oxygens (including phenoxy) is 2. The molecule has 1 unspecified atom stereocenters. The number of rotatable bonds is 6. The van der Waals surface area contributed by atoms with Crippen LogP contribution in [0, 0.1) is 6.92 Å². The lowest BCUT2D eigenvalue weighted by molar-refractivity contribution is -0.205. The molecule has 0 radical (unpaired) electrons. The van der Waals surface area contributed by atoms with E-state index < -0.39 is 30.0 Å². The molecule has 1 amide bonds. The predicted molar refractivity (Wildman–Crippen MR) is 82.8 cm³/mol. The molecule has 0 saturated heterocycles. The van der Waals surface area contributed by atoms with Gasteiger partial charge in [-0.15, -0.1) is 0 Å². The molecule has 0 fully saturated rings. The van der Waals surface area contributed by atoms with E-state index in [1.807, 2.05) is 5.32 Å². The van der Waals surface area contributed by atoms with Gasteiger partial charge in [-0.2, -0.15) is 13.2 Å². The van der Waals surface area contributed by atoms with Crippen LogP contribution in [0.5, 0.6) is 0 Å². The molecule has 1 atom stereocenters. The molecule has 0 saturated carbocycles. The minimum absolute atomic E-state index is 0.268. The molecular formula is C15H20F3N3O4. The largest absolute Gasteiger partial charge is 0.463 e. The molecule has 140 valence electrons. The van der Waals surface area contributed by atoms with E-state index in [1.165, 1.54) is 32.9 Å². The molecule has 0 aliphatic carbocycles. The Balaban J connectivity index is 3.33. The van der Waals surface area contributed by atoms with Crippen molar-refractivity contribution in [3.63, 3.8) is 0 Å². The molecule has 1 rings (SSSR count). The molecule has 0 aliphatic heterocycles. The van der Waals surface area contributed by atoms with Gasteiger partial charge in [-0.05, 0) is 39.8 Å². The number of nitrogens with zero attached hydrogens (tertiary/aromatic N) is 1. The summed E-state index contributed by atoms with van der Waals surface area (Å²) in [4.78, 5) is 27.8. The highest BCUT2D eigenvalue weighted by molar-refractivity contribution is 5.89. The van der Waals surface area contributed by atoms with Crippen LogP contribution in [0.1, 0.15) is 26.5 Å². The molecule has 7 nitrogen and oxygen atoms in total. The van der Waals surface area contributed by atoms with E-state index in [0.29, 0.717) is 5.69 Å². The van der Waals surface area contributed by atoms with Crippen LogP contribution in [-0.4, -0.2) is 41.6 Å². The highest BCUT2D eigenvalue weighted by atomic mass is 19.4. The Morgan fingerprint density at radius 1 is 1.28 bits per heavy atom. The standard InChI is InChI=1S/C15H20F3N3O4/c1-5-24-12(22)14(15(16,17)18,21-13(23)25-9(2)3)20-11-8-6-7-10(4)19-11/h6-9H,5H2,1-4H3,(H,19,20)(H,21,23). The number of halogens is 3. The summed E-state index contributed by atoms with van der Waals surface area (Å²) >= 11 is 0. The van der Waals surface area contributed by atoms with E-state index in [2.05, 4.69) is 14.5 Å². The van der Waals surface area contributed by atoms with Crippen molar-refractivity contribution < 1.29 is 32.2 Å². The number of nitrogens with one attached hydrogen (secondary N) is 2. The number of pyridine rings is 1. The number of alkyl halides is 3. The second-order valence-corrected chi connectivity index (χ2v) is 5.34. The average molecular weight is 363 g/mol. The summed E-state index contributed by atoms with van der Waals surface area (Å²) in [5, 5.41) is 3.48. The Bertz CT molecular complexity index is 622. The van der Waals surface area contributed by atoms with Gasteiger partial charge in [-0.3, -0.25) is 5.32 Å². The minimum Gasteiger partial charge on any atom is -0.463 e. The molecule has 10 heteroatoms. The number of carbonyl (C=O) groups is 2. The number of alkyl carbamates (subject to hydrolysis) is 1. The van der Waals surface area contributed by atoms with E-state index in [1.54, 1.807) is 18.3 Å². The first-order valence-corrected chi connectivity index (χ1v) is 7.46. The summed E-state index contributed by atoms with van der Waals surface area (Å²) in [6.45, 7) is 5.49. The monoisotopic (exact) mass is 363 g/mol. The number of esters is 1. The molecule has 1 heterocycles. The zero-order chi connectivity index (χ0) is 19.3. The van der Waals surface area contributed by atoms with Gasteiger partial charge in [-0.1, -0.05) is 6.07 Å². The summed E-state index contributed by atoms with van der Waals surface area (Å²) in [7, 11) is 0. The third-order valence-corrected chi connectivity index (χ3v) is 2.84. The van der Waals surface area contributed by atoms with Crippen LogP contribution in [0.25, 0.3) is 0 Å². The van der Waals surface area contributed by atoms with Gasteiger partial charge < -0.3 is 14.8 Å². The first-order valence-electron chi connectivity index (χ1n) is 7.46. The zero-order valence-electron chi connectivity index (χ0n) is 14.2. The van der Waals surface area contributed by atoms with Crippen molar-refractivity contribution in [3.05, 3.63) is 23.9 Å². The van der Waals surface area contributed by atoms with Crippen LogP contribution in [0.4, 0.5) is 23.8 Å². The summed E-state index contributed by atoms with van der Waals surface area (Å²) in [5.41, 5.74) is -3.13. The van der Waals surface area contributed by atoms with Crippen LogP contribution >= 0.6 is 0 Å². The van der Waals surface area contributed by atoms with Gasteiger partial charge in [0.1, 0.15) is 5.82 Å². The van der Waals surface area contributed by atoms with Crippen molar-refractivity contribution >= 4 is 17.9 Å². The number of amides is 1. The molecule has 1 aromatic heterocycles. The van der Waals surface area contributed by atoms with Crippen molar-refractivity contribution in [2.24, 2.45) is 0 Å². The number of aryl methyl sites for hydroxylation is 1. The maximum Gasteiger partial charge on any atom is 0.442 e. The Hall–Kier alpha value is -2.52. The summed E-state index contributed by atoms with van der Waals surface area (Å²) in [6.07, 6.45) is -7.36. The number of anilines is 1. The second-order valence-electron chi connectivity index (χ2n) is 5.34. The van der Waals surface area contributed by atoms with E-state index >= 15 is 0 Å². The Morgan fingerprint density at radius 2 is 1.92 bits per heavy atom. The van der Waals surface area contributed by atoms with Crippen LogP contribution in [0.3, 0.4) is 0 Å². The average Bonchev–Trinajstić information content (AvgIpc) is 2.44. The topological polar surface area (TPSA) is 89.5 Å². The summed E-state index contributed by atoms with van der Waals surface area (Å²) in [5.74, 6) is -2.00. The van der Waals surface area contributed by atoms with E-state index in [-0.39, 0.29) is 12.4 Å². The lowest BCUT2D eigenvalue weighted by atomic mass is 10.1. The SMILES string of the molecule is CCOC(=O)C(NC(=O)OC(C)C)(Nc1cccc(C)n1)C(F)(F)F. The minimum atomic E-state index is -5.24. The fraction of sp³-hybridized carbons (Fsp3) is 0.533. The Morgan fingerprint density at radius 3 is 2.40 bits per heavy atom. The highest BCUT2D eigenvalue weighted by Gasteiger charge is 2.64. The van der Waals surface area contributed by atoms with Crippen molar-refractivity contribution in [2.75, 3.05) is 11.9 Å². The van der Waals surface area contributed by atoms with Crippen LogP contribution in [-0.2, 0) is 14.3 Å². The van der Waals surface area contributed by atoms with Gasteiger partial charge in [0.25, 0.3) is 0 Å². The fourth-order valence-corrected chi connectivity index (χ4v) is 1.83. The maximum absolute atomic E-state index is 13.8. The highest BCUT2D eigenvalue weighted by Crippen LogP contribution is 2.33. The number of hydrogen-bond acceptors (Lipinski definition) is 6. The molecule has 25 heavy (non-hydrogen) atoms. The molecule has 2 N–H and O–H groups in total. The lowest BCUT2D eigenvalue weighted by Crippen LogP contribution is -2.69. The van der Waals surface area contributed by atoms with Gasteiger partial charge in [0.05, 0.1) is 12.7 Å². The molecule has 0 aliphatic rings. The quantitative estimate of drug-likeness (QED) is 0.597. The third kappa shape index (κ3) is 5.23. The van der Waals surface area contributed by atoms with Gasteiger partial charge >= 0.3 is 23.9 Å². The predicted octanol–water partition coefficient (Wildman–Crippen LogP) is 2.76. The van der Waals surface area contributed by atoms with E-state index in [4.69, 9.17) is 0 Å².